The molecule has 0 N–H and O–H groups in total. The second kappa shape index (κ2) is 6.68. The summed E-state index contributed by atoms with van der Waals surface area (Å²) in [5.41, 5.74) is 0.924. The molecule has 0 unspecified atom stereocenters. The molecule has 2 aromatic carbocycles. The van der Waals surface area contributed by atoms with Crippen LogP contribution in [0.15, 0.2) is 59.4 Å². The van der Waals surface area contributed by atoms with Gasteiger partial charge in [0.15, 0.2) is 0 Å². The Morgan fingerprint density at radius 3 is 2.62 bits per heavy atom. The molecular formula is C18H13ClN2O3. The maximum absolute atomic E-state index is 12.4. The van der Waals surface area contributed by atoms with Gasteiger partial charge in [-0.25, -0.2) is 9.78 Å². The van der Waals surface area contributed by atoms with E-state index in [-0.39, 0.29) is 0 Å². The van der Waals surface area contributed by atoms with E-state index in [1.165, 1.54) is 6.08 Å². The molecule has 0 saturated heterocycles. The highest BCUT2D eigenvalue weighted by Gasteiger charge is 2.10. The normalized spacial score (nSPS) is 11.1. The zero-order valence-electron chi connectivity index (χ0n) is 12.8. The summed E-state index contributed by atoms with van der Waals surface area (Å²) >= 11 is 5.80. The molecule has 0 bridgehead atoms. The van der Waals surface area contributed by atoms with Crippen molar-refractivity contribution >= 4 is 34.5 Å². The van der Waals surface area contributed by atoms with E-state index in [1.54, 1.807) is 61.5 Å². The lowest BCUT2D eigenvalue weighted by molar-refractivity contribution is -0.138. The molecule has 0 saturated carbocycles. The number of carbonyl (C=O) groups excluding carboxylic acids is 1. The number of nitrogens with zero attached hydrogens (tertiary/aromatic N) is 2. The van der Waals surface area contributed by atoms with Crippen molar-refractivity contribution in [3.63, 3.8) is 0 Å². The maximum Gasteiger partial charge on any atom is 0.356 e. The van der Waals surface area contributed by atoms with Gasteiger partial charge in [-0.2, -0.15) is 0 Å². The quantitative estimate of drug-likeness (QED) is 0.688. The maximum atomic E-state index is 12.4. The van der Waals surface area contributed by atoms with Crippen LogP contribution in [0.5, 0.6) is 0 Å². The fourth-order valence-corrected chi connectivity index (χ4v) is 2.32. The van der Waals surface area contributed by atoms with Crippen LogP contribution in [0, 0.1) is 6.92 Å². The zero-order valence-corrected chi connectivity index (χ0v) is 13.5. The van der Waals surface area contributed by atoms with Crippen molar-refractivity contribution in [3.8, 4) is 0 Å². The van der Waals surface area contributed by atoms with E-state index in [4.69, 9.17) is 16.4 Å². The molecule has 1 heterocycles. The number of aryl methyl sites for hydroxylation is 1. The number of fused-ring (bicyclic) bond motifs is 1. The monoisotopic (exact) mass is 340 g/mol. The van der Waals surface area contributed by atoms with Crippen molar-refractivity contribution in [1.82, 2.24) is 9.71 Å². The predicted octanol–water partition coefficient (Wildman–Crippen LogP) is 3.03. The Labute approximate surface area is 142 Å². The fraction of sp³-hybridized carbons (Fsp3) is 0.0556. The minimum atomic E-state index is -0.674. The number of benzene rings is 2. The van der Waals surface area contributed by atoms with Crippen LogP contribution in [0.4, 0.5) is 0 Å². The lowest BCUT2D eigenvalue weighted by atomic mass is 10.2. The highest BCUT2D eigenvalue weighted by Crippen LogP contribution is 2.10. The molecule has 0 aliphatic rings. The number of hydrogen-bond donors (Lipinski definition) is 0. The molecule has 0 atom stereocenters. The Morgan fingerprint density at radius 1 is 1.17 bits per heavy atom. The summed E-state index contributed by atoms with van der Waals surface area (Å²) in [4.78, 5) is 33.8. The molecule has 6 heteroatoms. The summed E-state index contributed by atoms with van der Waals surface area (Å²) in [7, 11) is 0. The summed E-state index contributed by atoms with van der Waals surface area (Å²) in [5, 5.41) is 0.997. The Hall–Kier alpha value is -2.92. The number of aromatic nitrogens is 2. The second-order valence-electron chi connectivity index (χ2n) is 5.07. The topological polar surface area (TPSA) is 61.2 Å². The van der Waals surface area contributed by atoms with Crippen molar-refractivity contribution in [3.05, 3.63) is 81.4 Å². The van der Waals surface area contributed by atoms with Gasteiger partial charge in [-0.3, -0.25) is 4.79 Å². The standard InChI is InChI=1S/C18H13ClN2O3/c1-12-20-16-5-3-2-4-15(16)18(23)21(12)24-17(22)11-8-13-6-9-14(19)10-7-13/h2-11H,1H3/b11-8+. The summed E-state index contributed by atoms with van der Waals surface area (Å²) in [6, 6.07) is 13.9. The summed E-state index contributed by atoms with van der Waals surface area (Å²) in [5.74, 6) is -0.376. The molecule has 0 radical (unpaired) electrons. The van der Waals surface area contributed by atoms with Gasteiger partial charge in [0.05, 0.1) is 10.9 Å². The number of rotatable bonds is 3. The first kappa shape index (κ1) is 16.0. The Morgan fingerprint density at radius 2 is 1.88 bits per heavy atom. The van der Waals surface area contributed by atoms with Crippen molar-refractivity contribution in [1.29, 1.82) is 0 Å². The molecule has 0 aliphatic heterocycles. The number of para-hydroxylation sites is 1. The fourth-order valence-electron chi connectivity index (χ4n) is 2.19. The van der Waals surface area contributed by atoms with E-state index in [0.29, 0.717) is 21.7 Å². The first-order valence-corrected chi connectivity index (χ1v) is 7.57. The van der Waals surface area contributed by atoms with Crippen LogP contribution < -0.4 is 10.4 Å². The Bertz CT molecular complexity index is 991. The second-order valence-corrected chi connectivity index (χ2v) is 5.51. The van der Waals surface area contributed by atoms with Gasteiger partial charge in [0.2, 0.25) is 0 Å². The van der Waals surface area contributed by atoms with Crippen LogP contribution in [0.1, 0.15) is 11.4 Å². The van der Waals surface area contributed by atoms with Crippen LogP contribution in [0.25, 0.3) is 17.0 Å². The number of carbonyl (C=O) groups is 1. The molecule has 3 aromatic rings. The number of halogens is 1. The van der Waals surface area contributed by atoms with Gasteiger partial charge in [-0.1, -0.05) is 35.9 Å². The largest absolute Gasteiger partial charge is 0.356 e. The third kappa shape index (κ3) is 3.36. The smallest absolute Gasteiger partial charge is 0.327 e. The zero-order chi connectivity index (χ0) is 17.1. The van der Waals surface area contributed by atoms with Gasteiger partial charge in [0, 0.05) is 11.1 Å². The highest BCUT2D eigenvalue weighted by atomic mass is 35.5. The van der Waals surface area contributed by atoms with Gasteiger partial charge in [0.25, 0.3) is 5.56 Å². The SMILES string of the molecule is Cc1nc2ccccc2c(=O)n1OC(=O)/C=C/c1ccc(Cl)cc1. The van der Waals surface area contributed by atoms with E-state index < -0.39 is 11.5 Å². The van der Waals surface area contributed by atoms with E-state index in [0.717, 1.165) is 10.3 Å². The molecule has 3 rings (SSSR count). The third-order valence-corrected chi connectivity index (χ3v) is 3.61. The van der Waals surface area contributed by atoms with Gasteiger partial charge >= 0.3 is 5.97 Å². The van der Waals surface area contributed by atoms with Gasteiger partial charge < -0.3 is 4.84 Å². The van der Waals surface area contributed by atoms with E-state index in [2.05, 4.69) is 4.98 Å². The van der Waals surface area contributed by atoms with Crippen molar-refractivity contribution in [2.45, 2.75) is 6.92 Å². The van der Waals surface area contributed by atoms with Crippen LogP contribution in [-0.2, 0) is 4.79 Å². The molecule has 24 heavy (non-hydrogen) atoms. The highest BCUT2D eigenvalue weighted by molar-refractivity contribution is 6.30. The summed E-state index contributed by atoms with van der Waals surface area (Å²) < 4.78 is 0.900. The Balaban J connectivity index is 1.85. The molecule has 0 spiro atoms. The molecule has 0 aliphatic carbocycles. The summed E-state index contributed by atoms with van der Waals surface area (Å²) in [6.07, 6.45) is 2.82. The summed E-state index contributed by atoms with van der Waals surface area (Å²) in [6.45, 7) is 1.60. The van der Waals surface area contributed by atoms with Crippen molar-refractivity contribution < 1.29 is 9.63 Å². The molecular weight excluding hydrogens is 328 g/mol. The Kier molecular flexibility index (Phi) is 4.44. The van der Waals surface area contributed by atoms with Crippen LogP contribution >= 0.6 is 11.6 Å². The average molecular weight is 341 g/mol. The minimum absolute atomic E-state index is 0.298. The lowest BCUT2D eigenvalue weighted by Gasteiger charge is -2.08. The van der Waals surface area contributed by atoms with Crippen LogP contribution in [-0.4, -0.2) is 15.7 Å². The van der Waals surface area contributed by atoms with Gasteiger partial charge in [0.1, 0.15) is 5.82 Å². The average Bonchev–Trinajstić information content (AvgIpc) is 2.58. The molecule has 0 amide bonds. The third-order valence-electron chi connectivity index (χ3n) is 3.36. The van der Waals surface area contributed by atoms with Gasteiger partial charge in [-0.05, 0) is 42.8 Å². The van der Waals surface area contributed by atoms with E-state index >= 15 is 0 Å². The van der Waals surface area contributed by atoms with Crippen molar-refractivity contribution in [2.75, 3.05) is 0 Å². The van der Waals surface area contributed by atoms with E-state index in [1.807, 2.05) is 0 Å². The minimum Gasteiger partial charge on any atom is -0.327 e. The van der Waals surface area contributed by atoms with Crippen molar-refractivity contribution in [2.24, 2.45) is 0 Å². The van der Waals surface area contributed by atoms with Gasteiger partial charge in [-0.15, -0.1) is 4.73 Å². The van der Waals surface area contributed by atoms with E-state index in [9.17, 15) is 9.59 Å². The van der Waals surface area contributed by atoms with Crippen LogP contribution in [0.3, 0.4) is 0 Å². The predicted molar refractivity (Wildman–Crippen MR) is 92.8 cm³/mol. The first-order valence-electron chi connectivity index (χ1n) is 7.19. The lowest BCUT2D eigenvalue weighted by Crippen LogP contribution is -2.32. The molecule has 1 aromatic heterocycles. The molecule has 0 fully saturated rings. The molecule has 5 nitrogen and oxygen atoms in total. The number of hydrogen-bond acceptors (Lipinski definition) is 4. The molecule has 120 valence electrons. The van der Waals surface area contributed by atoms with Crippen LogP contribution in [0.2, 0.25) is 5.02 Å². The first-order chi connectivity index (χ1) is 11.5.